The van der Waals surface area contributed by atoms with Crippen molar-refractivity contribution >= 4 is 17.5 Å². The maximum Gasteiger partial charge on any atom is 0.240 e. The highest BCUT2D eigenvalue weighted by Crippen LogP contribution is 2.27. The van der Waals surface area contributed by atoms with Gasteiger partial charge in [0.1, 0.15) is 6.54 Å². The van der Waals surface area contributed by atoms with E-state index in [2.05, 4.69) is 10.6 Å². The zero-order valence-corrected chi connectivity index (χ0v) is 12.1. The van der Waals surface area contributed by atoms with E-state index in [9.17, 15) is 9.59 Å². The van der Waals surface area contributed by atoms with E-state index in [1.54, 1.807) is 4.90 Å². The molecule has 1 aromatic carbocycles. The molecule has 0 aromatic heterocycles. The van der Waals surface area contributed by atoms with Crippen molar-refractivity contribution in [1.82, 2.24) is 10.6 Å². The molecular weight excluding hydrogens is 266 g/mol. The number of amides is 2. The third kappa shape index (κ3) is 3.24. The van der Waals surface area contributed by atoms with Gasteiger partial charge in [0.05, 0.1) is 0 Å². The van der Waals surface area contributed by atoms with Crippen molar-refractivity contribution < 1.29 is 9.59 Å². The number of para-hydroxylation sites is 1. The van der Waals surface area contributed by atoms with Crippen LogP contribution in [0.15, 0.2) is 24.3 Å². The SMILES string of the molecule is O=C(CN1C(=O)CCc2ccccc21)N[C@H]1CCCNC1. The van der Waals surface area contributed by atoms with Gasteiger partial charge in [-0.3, -0.25) is 9.59 Å². The summed E-state index contributed by atoms with van der Waals surface area (Å²) in [7, 11) is 0. The summed E-state index contributed by atoms with van der Waals surface area (Å²) in [4.78, 5) is 25.9. The number of nitrogens with zero attached hydrogens (tertiary/aromatic N) is 1. The van der Waals surface area contributed by atoms with Crippen LogP contribution in [0.25, 0.3) is 0 Å². The fourth-order valence-corrected chi connectivity index (χ4v) is 3.06. The molecule has 2 amide bonds. The molecule has 1 fully saturated rings. The lowest BCUT2D eigenvalue weighted by molar-refractivity contribution is -0.124. The number of hydrogen-bond acceptors (Lipinski definition) is 3. The summed E-state index contributed by atoms with van der Waals surface area (Å²) in [6.07, 6.45) is 3.33. The second kappa shape index (κ2) is 6.26. The third-order valence-corrected chi connectivity index (χ3v) is 4.16. The molecule has 0 spiro atoms. The summed E-state index contributed by atoms with van der Waals surface area (Å²) in [6.45, 7) is 1.95. The highest BCUT2D eigenvalue weighted by molar-refractivity contribution is 6.01. The maximum absolute atomic E-state index is 12.2. The number of piperidine rings is 1. The minimum atomic E-state index is -0.0752. The smallest absolute Gasteiger partial charge is 0.240 e. The van der Waals surface area contributed by atoms with Crippen molar-refractivity contribution in [3.05, 3.63) is 29.8 Å². The predicted molar refractivity (Wildman–Crippen MR) is 81.2 cm³/mol. The van der Waals surface area contributed by atoms with Gasteiger partial charge in [-0.2, -0.15) is 0 Å². The molecule has 0 aliphatic carbocycles. The van der Waals surface area contributed by atoms with Crippen LogP contribution in [-0.4, -0.2) is 37.5 Å². The molecule has 5 heteroatoms. The Balaban J connectivity index is 1.66. The van der Waals surface area contributed by atoms with Crippen LogP contribution in [0.3, 0.4) is 0 Å². The lowest BCUT2D eigenvalue weighted by atomic mass is 10.0. The molecule has 0 saturated carbocycles. The molecular formula is C16H21N3O2. The van der Waals surface area contributed by atoms with Crippen LogP contribution in [-0.2, 0) is 16.0 Å². The van der Waals surface area contributed by atoms with E-state index in [1.807, 2.05) is 24.3 Å². The molecule has 2 N–H and O–H groups in total. The van der Waals surface area contributed by atoms with Gasteiger partial charge in [-0.1, -0.05) is 18.2 Å². The largest absolute Gasteiger partial charge is 0.351 e. The third-order valence-electron chi connectivity index (χ3n) is 4.16. The van der Waals surface area contributed by atoms with E-state index in [0.717, 1.165) is 43.6 Å². The van der Waals surface area contributed by atoms with E-state index in [1.165, 1.54) is 0 Å². The molecule has 3 rings (SSSR count). The zero-order valence-electron chi connectivity index (χ0n) is 12.1. The highest BCUT2D eigenvalue weighted by atomic mass is 16.2. The average molecular weight is 287 g/mol. The first-order valence-corrected chi connectivity index (χ1v) is 7.62. The van der Waals surface area contributed by atoms with Crippen LogP contribution >= 0.6 is 0 Å². The summed E-state index contributed by atoms with van der Waals surface area (Å²) in [5, 5.41) is 6.30. The second-order valence-electron chi connectivity index (χ2n) is 5.72. The van der Waals surface area contributed by atoms with Crippen molar-refractivity contribution in [3.63, 3.8) is 0 Å². The van der Waals surface area contributed by atoms with Crippen LogP contribution in [0.4, 0.5) is 5.69 Å². The lowest BCUT2D eigenvalue weighted by Gasteiger charge is -2.30. The molecule has 1 saturated heterocycles. The summed E-state index contributed by atoms with van der Waals surface area (Å²) < 4.78 is 0. The average Bonchev–Trinajstić information content (AvgIpc) is 2.51. The molecule has 5 nitrogen and oxygen atoms in total. The van der Waals surface area contributed by atoms with Crippen LogP contribution in [0.2, 0.25) is 0 Å². The van der Waals surface area contributed by atoms with Crippen molar-refractivity contribution in [2.24, 2.45) is 0 Å². The van der Waals surface area contributed by atoms with Crippen LogP contribution in [0.1, 0.15) is 24.8 Å². The Labute approximate surface area is 124 Å². The van der Waals surface area contributed by atoms with Gasteiger partial charge in [-0.25, -0.2) is 0 Å². The summed E-state index contributed by atoms with van der Waals surface area (Å²) in [6, 6.07) is 8.01. The molecule has 0 bridgehead atoms. The monoisotopic (exact) mass is 287 g/mol. The number of carbonyl (C=O) groups is 2. The van der Waals surface area contributed by atoms with Gasteiger partial charge in [0.25, 0.3) is 0 Å². The summed E-state index contributed by atoms with van der Waals surface area (Å²) in [5.41, 5.74) is 2.02. The molecule has 2 aliphatic rings. The van der Waals surface area contributed by atoms with E-state index >= 15 is 0 Å². The van der Waals surface area contributed by atoms with Crippen LogP contribution in [0.5, 0.6) is 0 Å². The molecule has 21 heavy (non-hydrogen) atoms. The maximum atomic E-state index is 12.2. The number of anilines is 1. The first-order valence-electron chi connectivity index (χ1n) is 7.62. The number of nitrogens with one attached hydrogen (secondary N) is 2. The molecule has 0 radical (unpaired) electrons. The summed E-state index contributed by atoms with van der Waals surface area (Å²) >= 11 is 0. The highest BCUT2D eigenvalue weighted by Gasteiger charge is 2.26. The number of rotatable bonds is 3. The standard InChI is InChI=1S/C16H21N3O2/c20-15(18-13-5-3-9-17-10-13)11-19-14-6-2-1-4-12(14)7-8-16(19)21/h1-2,4,6,13,17H,3,5,7-11H2,(H,18,20)/t13-/m0/s1. The molecule has 1 atom stereocenters. The van der Waals surface area contributed by atoms with Gasteiger partial charge in [-0.15, -0.1) is 0 Å². The first kappa shape index (κ1) is 14.1. The summed E-state index contributed by atoms with van der Waals surface area (Å²) in [5.74, 6) is -0.0422. The Bertz CT molecular complexity index is 538. The van der Waals surface area contributed by atoms with Crippen LogP contribution < -0.4 is 15.5 Å². The van der Waals surface area contributed by atoms with E-state index < -0.39 is 0 Å². The van der Waals surface area contributed by atoms with Crippen molar-refractivity contribution in [2.45, 2.75) is 31.7 Å². The van der Waals surface area contributed by atoms with Gasteiger partial charge >= 0.3 is 0 Å². The fraction of sp³-hybridized carbons (Fsp3) is 0.500. The van der Waals surface area contributed by atoms with Gasteiger partial charge in [0.15, 0.2) is 0 Å². The fourth-order valence-electron chi connectivity index (χ4n) is 3.06. The van der Waals surface area contributed by atoms with Gasteiger partial charge < -0.3 is 15.5 Å². The number of fused-ring (bicyclic) bond motifs is 1. The van der Waals surface area contributed by atoms with E-state index in [0.29, 0.717) is 6.42 Å². The minimum Gasteiger partial charge on any atom is -0.351 e. The quantitative estimate of drug-likeness (QED) is 0.866. The van der Waals surface area contributed by atoms with E-state index in [4.69, 9.17) is 0 Å². The van der Waals surface area contributed by atoms with Crippen molar-refractivity contribution in [2.75, 3.05) is 24.5 Å². The Morgan fingerprint density at radius 2 is 2.19 bits per heavy atom. The Hall–Kier alpha value is -1.88. The first-order chi connectivity index (χ1) is 10.2. The Morgan fingerprint density at radius 1 is 1.33 bits per heavy atom. The van der Waals surface area contributed by atoms with Crippen molar-refractivity contribution in [1.29, 1.82) is 0 Å². The topological polar surface area (TPSA) is 61.4 Å². The minimum absolute atomic E-state index is 0.0330. The second-order valence-corrected chi connectivity index (χ2v) is 5.72. The molecule has 112 valence electrons. The number of carbonyl (C=O) groups excluding carboxylic acids is 2. The molecule has 1 aromatic rings. The number of benzene rings is 1. The van der Waals surface area contributed by atoms with E-state index in [-0.39, 0.29) is 24.4 Å². The van der Waals surface area contributed by atoms with Gasteiger partial charge in [0, 0.05) is 24.7 Å². The molecule has 2 heterocycles. The van der Waals surface area contributed by atoms with Gasteiger partial charge in [-0.05, 0) is 37.4 Å². The van der Waals surface area contributed by atoms with Crippen molar-refractivity contribution in [3.8, 4) is 0 Å². The van der Waals surface area contributed by atoms with Crippen LogP contribution in [0, 0.1) is 0 Å². The zero-order chi connectivity index (χ0) is 14.7. The Kier molecular flexibility index (Phi) is 4.20. The molecule has 0 unspecified atom stereocenters. The Morgan fingerprint density at radius 3 is 3.00 bits per heavy atom. The normalized spacial score (nSPS) is 21.8. The lowest BCUT2D eigenvalue weighted by Crippen LogP contribution is -2.50. The predicted octanol–water partition coefficient (Wildman–Crippen LogP) is 0.834. The number of hydrogen-bond donors (Lipinski definition) is 2. The van der Waals surface area contributed by atoms with Gasteiger partial charge in [0.2, 0.25) is 11.8 Å². The molecule has 2 aliphatic heterocycles. The number of aryl methyl sites for hydroxylation is 1.